The molecule has 128 valence electrons. The number of hydrogen-bond donors (Lipinski definition) is 1. The SMILES string of the molecule is CC(C)=CCC[C@@H](C)[C@@H]1[C@H](O)C/C(C)=C/C/C=C2\C(=O)OC[C@H]21. The lowest BCUT2D eigenvalue weighted by Gasteiger charge is -2.32. The molecule has 1 fully saturated rings. The number of cyclic esters (lactones) is 1. The minimum Gasteiger partial charge on any atom is -0.462 e. The van der Waals surface area contributed by atoms with Gasteiger partial charge in [-0.15, -0.1) is 0 Å². The highest BCUT2D eigenvalue weighted by atomic mass is 16.5. The fourth-order valence-corrected chi connectivity index (χ4v) is 3.85. The van der Waals surface area contributed by atoms with Gasteiger partial charge >= 0.3 is 5.97 Å². The zero-order chi connectivity index (χ0) is 17.0. The molecule has 2 aliphatic rings. The highest BCUT2D eigenvalue weighted by molar-refractivity contribution is 5.91. The maximum Gasteiger partial charge on any atom is 0.334 e. The van der Waals surface area contributed by atoms with E-state index in [9.17, 15) is 9.90 Å². The van der Waals surface area contributed by atoms with E-state index in [1.165, 1.54) is 11.1 Å². The van der Waals surface area contributed by atoms with Crippen molar-refractivity contribution in [2.45, 2.75) is 59.5 Å². The average Bonchev–Trinajstić information content (AvgIpc) is 2.82. The molecule has 1 heterocycles. The monoisotopic (exact) mass is 318 g/mol. The van der Waals surface area contributed by atoms with E-state index < -0.39 is 6.10 Å². The van der Waals surface area contributed by atoms with Gasteiger partial charge in [-0.1, -0.05) is 36.3 Å². The Morgan fingerprint density at radius 1 is 1.43 bits per heavy atom. The molecule has 3 heteroatoms. The topological polar surface area (TPSA) is 46.5 Å². The summed E-state index contributed by atoms with van der Waals surface area (Å²) in [6, 6.07) is 0. The third-order valence-corrected chi connectivity index (χ3v) is 5.10. The fourth-order valence-electron chi connectivity index (χ4n) is 3.85. The molecule has 4 atom stereocenters. The predicted molar refractivity (Wildman–Crippen MR) is 92.8 cm³/mol. The van der Waals surface area contributed by atoms with E-state index >= 15 is 0 Å². The summed E-state index contributed by atoms with van der Waals surface area (Å²) in [5, 5.41) is 10.8. The Kier molecular flexibility index (Phi) is 6.23. The highest BCUT2D eigenvalue weighted by Gasteiger charge is 2.41. The Bertz CT molecular complexity index is 523. The third kappa shape index (κ3) is 4.57. The van der Waals surface area contributed by atoms with Gasteiger partial charge in [0, 0.05) is 11.5 Å². The fraction of sp³-hybridized carbons (Fsp3) is 0.650. The number of rotatable bonds is 4. The summed E-state index contributed by atoms with van der Waals surface area (Å²) in [5.74, 6) is 0.240. The number of fused-ring (bicyclic) bond motifs is 1. The van der Waals surface area contributed by atoms with Crippen molar-refractivity contribution in [2.75, 3.05) is 6.61 Å². The summed E-state index contributed by atoms with van der Waals surface area (Å²) < 4.78 is 5.30. The predicted octanol–water partition coefficient (Wildman–Crippen LogP) is 4.19. The van der Waals surface area contributed by atoms with Gasteiger partial charge in [0.1, 0.15) is 0 Å². The minimum atomic E-state index is -0.422. The largest absolute Gasteiger partial charge is 0.462 e. The van der Waals surface area contributed by atoms with Gasteiger partial charge in [-0.25, -0.2) is 4.79 Å². The lowest BCUT2D eigenvalue weighted by Crippen LogP contribution is -2.34. The van der Waals surface area contributed by atoms with Gasteiger partial charge in [-0.2, -0.15) is 0 Å². The van der Waals surface area contributed by atoms with Gasteiger partial charge in [0.25, 0.3) is 0 Å². The zero-order valence-electron chi connectivity index (χ0n) is 14.8. The standard InChI is InChI=1S/C20H30O3/c1-13(2)7-5-9-15(4)19-17-12-23-20(22)16(17)10-6-8-14(3)11-18(19)21/h7-8,10,15,17-19,21H,5-6,9,11-12H2,1-4H3/b14-8+,16-10-/t15-,17-,18-,19+/m1/s1. The molecule has 0 amide bonds. The van der Waals surface area contributed by atoms with Crippen LogP contribution in [0.2, 0.25) is 0 Å². The summed E-state index contributed by atoms with van der Waals surface area (Å²) in [7, 11) is 0. The molecule has 1 saturated heterocycles. The van der Waals surface area contributed by atoms with Crippen molar-refractivity contribution in [1.82, 2.24) is 0 Å². The molecule has 3 nitrogen and oxygen atoms in total. The molecular weight excluding hydrogens is 288 g/mol. The van der Waals surface area contributed by atoms with Crippen LogP contribution in [0.3, 0.4) is 0 Å². The van der Waals surface area contributed by atoms with Gasteiger partial charge < -0.3 is 9.84 Å². The Morgan fingerprint density at radius 3 is 2.87 bits per heavy atom. The molecule has 0 aromatic heterocycles. The quantitative estimate of drug-likeness (QED) is 0.624. The molecule has 1 N–H and O–H groups in total. The number of aliphatic hydroxyl groups excluding tert-OH is 1. The van der Waals surface area contributed by atoms with E-state index in [-0.39, 0.29) is 17.8 Å². The van der Waals surface area contributed by atoms with Gasteiger partial charge in [0.2, 0.25) is 0 Å². The average molecular weight is 318 g/mol. The Morgan fingerprint density at radius 2 is 2.17 bits per heavy atom. The molecule has 1 aliphatic carbocycles. The van der Waals surface area contributed by atoms with Crippen molar-refractivity contribution in [3.63, 3.8) is 0 Å². The van der Waals surface area contributed by atoms with E-state index in [0.717, 1.165) is 24.8 Å². The molecule has 0 bridgehead atoms. The normalized spacial score (nSPS) is 33.8. The van der Waals surface area contributed by atoms with Crippen LogP contribution in [0.4, 0.5) is 0 Å². The first kappa shape index (κ1) is 18.0. The van der Waals surface area contributed by atoms with Crippen LogP contribution in [0.1, 0.15) is 53.4 Å². The zero-order valence-corrected chi connectivity index (χ0v) is 14.8. The van der Waals surface area contributed by atoms with Crippen LogP contribution in [-0.4, -0.2) is 23.8 Å². The molecule has 0 saturated carbocycles. The number of carbonyl (C=O) groups excluding carboxylic acids is 1. The van der Waals surface area contributed by atoms with Crippen LogP contribution in [0.15, 0.2) is 34.9 Å². The van der Waals surface area contributed by atoms with Crippen LogP contribution in [0, 0.1) is 17.8 Å². The summed E-state index contributed by atoms with van der Waals surface area (Å²) in [4.78, 5) is 12.0. The first-order valence-corrected chi connectivity index (χ1v) is 8.74. The summed E-state index contributed by atoms with van der Waals surface area (Å²) in [5.41, 5.74) is 3.30. The number of carbonyl (C=O) groups is 1. The van der Waals surface area contributed by atoms with Crippen molar-refractivity contribution in [2.24, 2.45) is 17.8 Å². The molecule has 0 radical (unpaired) electrons. The lowest BCUT2D eigenvalue weighted by molar-refractivity contribution is -0.135. The third-order valence-electron chi connectivity index (χ3n) is 5.10. The van der Waals surface area contributed by atoms with E-state index in [4.69, 9.17) is 4.74 Å². The van der Waals surface area contributed by atoms with Gasteiger partial charge in [0.05, 0.1) is 12.7 Å². The van der Waals surface area contributed by atoms with Crippen molar-refractivity contribution in [3.8, 4) is 0 Å². The molecule has 0 unspecified atom stereocenters. The van der Waals surface area contributed by atoms with Crippen molar-refractivity contribution in [1.29, 1.82) is 0 Å². The summed E-state index contributed by atoms with van der Waals surface area (Å²) in [6.07, 6.45) is 9.40. The maximum absolute atomic E-state index is 12.0. The number of allylic oxidation sites excluding steroid dienone is 4. The van der Waals surface area contributed by atoms with Gasteiger partial charge in [-0.3, -0.25) is 0 Å². The molecule has 0 spiro atoms. The van der Waals surface area contributed by atoms with E-state index in [1.807, 2.05) is 6.08 Å². The lowest BCUT2D eigenvalue weighted by atomic mass is 9.73. The maximum atomic E-state index is 12.0. The molecular formula is C20H30O3. The Labute approximate surface area is 140 Å². The molecule has 1 aliphatic heterocycles. The minimum absolute atomic E-state index is 0.0264. The summed E-state index contributed by atoms with van der Waals surface area (Å²) >= 11 is 0. The van der Waals surface area contributed by atoms with Gasteiger partial charge in [0.15, 0.2) is 0 Å². The van der Waals surface area contributed by atoms with Crippen molar-refractivity contribution < 1.29 is 14.6 Å². The number of hydrogen-bond acceptors (Lipinski definition) is 3. The van der Waals surface area contributed by atoms with Crippen LogP contribution < -0.4 is 0 Å². The number of ether oxygens (including phenoxy) is 1. The molecule has 2 rings (SSSR count). The molecule has 0 aromatic carbocycles. The second kappa shape index (κ2) is 7.96. The van der Waals surface area contributed by atoms with Gasteiger partial charge in [-0.05, 0) is 58.3 Å². The van der Waals surface area contributed by atoms with Crippen molar-refractivity contribution >= 4 is 5.97 Å². The van der Waals surface area contributed by atoms with E-state index in [2.05, 4.69) is 39.8 Å². The molecule has 23 heavy (non-hydrogen) atoms. The Hall–Kier alpha value is -1.35. The van der Waals surface area contributed by atoms with Crippen molar-refractivity contribution in [3.05, 3.63) is 34.9 Å². The van der Waals surface area contributed by atoms with Crippen LogP contribution in [-0.2, 0) is 9.53 Å². The van der Waals surface area contributed by atoms with E-state index in [0.29, 0.717) is 18.9 Å². The number of esters is 1. The first-order chi connectivity index (χ1) is 10.9. The smallest absolute Gasteiger partial charge is 0.334 e. The van der Waals surface area contributed by atoms with Crippen LogP contribution in [0.25, 0.3) is 0 Å². The van der Waals surface area contributed by atoms with E-state index in [1.54, 1.807) is 0 Å². The second-order valence-corrected chi connectivity index (χ2v) is 7.34. The molecule has 0 aromatic rings. The first-order valence-electron chi connectivity index (χ1n) is 8.74. The van der Waals surface area contributed by atoms with Crippen LogP contribution in [0.5, 0.6) is 0 Å². The second-order valence-electron chi connectivity index (χ2n) is 7.34. The highest BCUT2D eigenvalue weighted by Crippen LogP contribution is 2.39. The summed E-state index contributed by atoms with van der Waals surface area (Å²) in [6.45, 7) is 8.89. The number of aliphatic hydroxyl groups is 1. The van der Waals surface area contributed by atoms with Crippen LogP contribution >= 0.6 is 0 Å². The Balaban J connectivity index is 2.23.